The molecule has 0 unspecified atom stereocenters. The molecule has 1 aromatic heterocycles. The summed E-state index contributed by atoms with van der Waals surface area (Å²) in [6.07, 6.45) is 4.29. The number of rotatable bonds is 3. The van der Waals surface area contributed by atoms with Crippen LogP contribution in [0.1, 0.15) is 19.3 Å². The first-order valence-corrected chi connectivity index (χ1v) is 8.95. The predicted molar refractivity (Wildman–Crippen MR) is 90.9 cm³/mol. The Balaban J connectivity index is 1.35. The van der Waals surface area contributed by atoms with Crippen LogP contribution in [0.4, 0.5) is 5.82 Å². The van der Waals surface area contributed by atoms with Crippen molar-refractivity contribution in [1.82, 2.24) is 14.8 Å². The molecule has 1 aliphatic carbocycles. The topological polar surface area (TPSA) is 56.8 Å². The molecule has 3 aliphatic rings. The number of halogens is 1. The van der Waals surface area contributed by atoms with E-state index < -0.39 is 0 Å². The summed E-state index contributed by atoms with van der Waals surface area (Å²) in [5.41, 5.74) is 0. The Bertz CT molecular complexity index is 656. The van der Waals surface area contributed by atoms with Crippen LogP contribution in [0.25, 0.3) is 0 Å². The highest BCUT2D eigenvalue weighted by Crippen LogP contribution is 2.33. The monoisotopic (exact) mass is 348 g/mol. The van der Waals surface area contributed by atoms with Gasteiger partial charge in [0.15, 0.2) is 0 Å². The summed E-state index contributed by atoms with van der Waals surface area (Å²) in [4.78, 5) is 35.0. The second-order valence-corrected chi connectivity index (χ2v) is 7.21. The average molecular weight is 349 g/mol. The number of pyridine rings is 1. The molecule has 1 aromatic rings. The smallest absolute Gasteiger partial charge is 0.228 e. The number of anilines is 1. The Morgan fingerprint density at radius 3 is 2.62 bits per heavy atom. The molecule has 1 saturated carbocycles. The first-order chi connectivity index (χ1) is 11.6. The Kier molecular flexibility index (Phi) is 4.08. The maximum Gasteiger partial charge on any atom is 0.228 e. The second kappa shape index (κ2) is 6.24. The van der Waals surface area contributed by atoms with Gasteiger partial charge in [-0.1, -0.05) is 11.6 Å². The third-order valence-corrected chi connectivity index (χ3v) is 5.42. The van der Waals surface area contributed by atoms with E-state index >= 15 is 0 Å². The van der Waals surface area contributed by atoms with Crippen LogP contribution in [0.5, 0.6) is 0 Å². The fraction of sp³-hybridized carbons (Fsp3) is 0.588. The molecule has 24 heavy (non-hydrogen) atoms. The zero-order valence-electron chi connectivity index (χ0n) is 13.5. The van der Waals surface area contributed by atoms with Crippen molar-refractivity contribution in [3.05, 3.63) is 23.4 Å². The van der Waals surface area contributed by atoms with Gasteiger partial charge in [-0.3, -0.25) is 9.59 Å². The highest BCUT2D eigenvalue weighted by Gasteiger charge is 2.43. The van der Waals surface area contributed by atoms with Crippen molar-refractivity contribution in [3.8, 4) is 0 Å². The Labute approximate surface area is 146 Å². The highest BCUT2D eigenvalue weighted by molar-refractivity contribution is 6.32. The van der Waals surface area contributed by atoms with Gasteiger partial charge in [-0.25, -0.2) is 4.98 Å². The number of carbonyl (C=O) groups is 2. The molecule has 3 heterocycles. The van der Waals surface area contributed by atoms with Gasteiger partial charge >= 0.3 is 0 Å². The average Bonchev–Trinajstić information content (AvgIpc) is 3.37. The summed E-state index contributed by atoms with van der Waals surface area (Å²) in [6, 6.07) is 4.05. The van der Waals surface area contributed by atoms with Crippen molar-refractivity contribution in [1.29, 1.82) is 0 Å². The van der Waals surface area contributed by atoms with Gasteiger partial charge in [-0.05, 0) is 25.0 Å². The molecule has 0 aromatic carbocycles. The molecular weight excluding hydrogens is 328 g/mol. The van der Waals surface area contributed by atoms with E-state index in [1.165, 1.54) is 0 Å². The third kappa shape index (κ3) is 2.95. The van der Waals surface area contributed by atoms with Crippen molar-refractivity contribution in [2.24, 2.45) is 5.92 Å². The van der Waals surface area contributed by atoms with Crippen LogP contribution in [0, 0.1) is 5.92 Å². The molecular formula is C17H21ClN4O2. The summed E-state index contributed by atoms with van der Waals surface area (Å²) in [6.45, 7) is 3.35. The minimum Gasteiger partial charge on any atom is -0.352 e. The first kappa shape index (κ1) is 15.7. The minimum absolute atomic E-state index is 0.123. The minimum atomic E-state index is -0.164. The quantitative estimate of drug-likeness (QED) is 0.828. The van der Waals surface area contributed by atoms with E-state index in [1.807, 2.05) is 21.9 Å². The van der Waals surface area contributed by atoms with E-state index in [0.717, 1.165) is 31.7 Å². The number of carbonyl (C=O) groups excluding carboxylic acids is 2. The van der Waals surface area contributed by atoms with Crippen LogP contribution in [-0.4, -0.2) is 65.4 Å². The molecule has 7 heteroatoms. The van der Waals surface area contributed by atoms with Gasteiger partial charge in [0.1, 0.15) is 5.82 Å². The number of hydrogen-bond donors (Lipinski definition) is 0. The molecule has 0 spiro atoms. The van der Waals surface area contributed by atoms with Crippen LogP contribution < -0.4 is 4.90 Å². The summed E-state index contributed by atoms with van der Waals surface area (Å²) >= 11 is 6.20. The van der Waals surface area contributed by atoms with Crippen LogP contribution in [0.2, 0.25) is 5.02 Å². The number of amides is 2. The molecule has 2 amide bonds. The zero-order valence-corrected chi connectivity index (χ0v) is 14.3. The predicted octanol–water partition coefficient (Wildman–Crippen LogP) is 1.39. The van der Waals surface area contributed by atoms with E-state index in [9.17, 15) is 9.59 Å². The van der Waals surface area contributed by atoms with Crippen LogP contribution in [-0.2, 0) is 9.59 Å². The molecule has 0 N–H and O–H groups in total. The lowest BCUT2D eigenvalue weighted by Gasteiger charge is -2.36. The van der Waals surface area contributed by atoms with Crippen molar-refractivity contribution < 1.29 is 9.59 Å². The summed E-state index contributed by atoms with van der Waals surface area (Å²) in [5, 5.41) is 0.638. The molecule has 128 valence electrons. The second-order valence-electron chi connectivity index (χ2n) is 6.80. The van der Waals surface area contributed by atoms with E-state index in [4.69, 9.17) is 11.6 Å². The SMILES string of the molecule is O=C([C@H]1CC(=O)N(C2CC2)C1)N1CCN(c2ncccc2Cl)CC1. The summed E-state index contributed by atoms with van der Waals surface area (Å²) < 4.78 is 0. The standard InChI is InChI=1S/C17H21ClN4O2/c18-14-2-1-5-19-16(14)20-6-8-21(9-7-20)17(24)12-10-15(23)22(11-12)13-3-4-13/h1-2,5,12-13H,3-4,6-11H2/t12-/m0/s1. The van der Waals surface area contributed by atoms with Crippen molar-refractivity contribution >= 4 is 29.2 Å². The first-order valence-electron chi connectivity index (χ1n) is 8.57. The molecule has 1 atom stereocenters. The number of likely N-dealkylation sites (tertiary alicyclic amines) is 1. The molecule has 6 nitrogen and oxygen atoms in total. The van der Waals surface area contributed by atoms with Gasteiger partial charge in [0, 0.05) is 51.4 Å². The lowest BCUT2D eigenvalue weighted by molar-refractivity contribution is -0.136. The summed E-state index contributed by atoms with van der Waals surface area (Å²) in [7, 11) is 0. The van der Waals surface area contributed by atoms with E-state index in [1.54, 1.807) is 6.20 Å². The fourth-order valence-electron chi connectivity index (χ4n) is 3.64. The van der Waals surface area contributed by atoms with Crippen molar-refractivity contribution in [2.45, 2.75) is 25.3 Å². The number of hydrogen-bond acceptors (Lipinski definition) is 4. The number of aromatic nitrogens is 1. The van der Waals surface area contributed by atoms with Crippen molar-refractivity contribution in [2.75, 3.05) is 37.6 Å². The molecule has 3 fully saturated rings. The van der Waals surface area contributed by atoms with Crippen LogP contribution in [0.3, 0.4) is 0 Å². The highest BCUT2D eigenvalue weighted by atomic mass is 35.5. The summed E-state index contributed by atoms with van der Waals surface area (Å²) in [5.74, 6) is 0.887. The molecule has 0 radical (unpaired) electrons. The van der Waals surface area contributed by atoms with Gasteiger partial charge in [-0.15, -0.1) is 0 Å². The molecule has 4 rings (SSSR count). The van der Waals surface area contributed by atoms with E-state index in [0.29, 0.717) is 37.1 Å². The van der Waals surface area contributed by atoms with Crippen LogP contribution >= 0.6 is 11.6 Å². The Morgan fingerprint density at radius 2 is 1.96 bits per heavy atom. The zero-order chi connectivity index (χ0) is 16.7. The van der Waals surface area contributed by atoms with E-state index in [-0.39, 0.29) is 17.7 Å². The van der Waals surface area contributed by atoms with Crippen LogP contribution in [0.15, 0.2) is 18.3 Å². The Morgan fingerprint density at radius 1 is 1.21 bits per heavy atom. The fourth-order valence-corrected chi connectivity index (χ4v) is 3.88. The maximum absolute atomic E-state index is 12.7. The van der Waals surface area contributed by atoms with Gasteiger partial charge in [-0.2, -0.15) is 0 Å². The van der Waals surface area contributed by atoms with Gasteiger partial charge < -0.3 is 14.7 Å². The lowest BCUT2D eigenvalue weighted by atomic mass is 10.1. The molecule has 2 aliphatic heterocycles. The maximum atomic E-state index is 12.7. The molecule has 2 saturated heterocycles. The van der Waals surface area contributed by atoms with E-state index in [2.05, 4.69) is 9.88 Å². The van der Waals surface area contributed by atoms with Gasteiger partial charge in [0.25, 0.3) is 0 Å². The van der Waals surface area contributed by atoms with Gasteiger partial charge in [0.2, 0.25) is 11.8 Å². The number of nitrogens with zero attached hydrogens (tertiary/aromatic N) is 4. The number of piperazine rings is 1. The molecule has 0 bridgehead atoms. The Hall–Kier alpha value is -1.82. The van der Waals surface area contributed by atoms with Crippen molar-refractivity contribution in [3.63, 3.8) is 0 Å². The van der Waals surface area contributed by atoms with Gasteiger partial charge in [0.05, 0.1) is 10.9 Å². The largest absolute Gasteiger partial charge is 0.352 e. The third-order valence-electron chi connectivity index (χ3n) is 5.13. The normalized spacial score (nSPS) is 24.6. The lowest BCUT2D eigenvalue weighted by Crippen LogP contribution is -2.51.